The van der Waals surface area contributed by atoms with Gasteiger partial charge in [-0.2, -0.15) is 5.10 Å². The zero-order valence-corrected chi connectivity index (χ0v) is 19.5. The maximum absolute atomic E-state index is 10.1. The molecule has 0 atom stereocenters. The van der Waals surface area contributed by atoms with Crippen LogP contribution in [0, 0.1) is 13.8 Å². The molecule has 0 bridgehead atoms. The Bertz CT molecular complexity index is 811. The Hall–Kier alpha value is -1.97. The van der Waals surface area contributed by atoms with Crippen molar-refractivity contribution in [1.29, 1.82) is 0 Å². The first-order chi connectivity index (χ1) is 13.0. The Morgan fingerprint density at radius 2 is 1.86 bits per heavy atom. The number of benzene rings is 1. The third-order valence-corrected chi connectivity index (χ3v) is 5.18. The number of piperazine rings is 1. The lowest BCUT2D eigenvalue weighted by Gasteiger charge is -2.37. The molecule has 1 aliphatic rings. The van der Waals surface area contributed by atoms with Crippen molar-refractivity contribution in [3.8, 4) is 5.75 Å². The van der Waals surface area contributed by atoms with Gasteiger partial charge in [-0.25, -0.2) is 4.99 Å². The quantitative estimate of drug-likeness (QED) is 0.386. The number of para-hydroxylation sites is 2. The highest BCUT2D eigenvalue weighted by molar-refractivity contribution is 14.0. The van der Waals surface area contributed by atoms with Gasteiger partial charge < -0.3 is 20.2 Å². The van der Waals surface area contributed by atoms with Gasteiger partial charge in [0.05, 0.1) is 17.9 Å². The Balaban J connectivity index is 0.00000280. The molecular weight excluding hydrogens is 467 g/mol. The van der Waals surface area contributed by atoms with Crippen molar-refractivity contribution in [2.75, 3.05) is 37.6 Å². The molecule has 1 saturated heterocycles. The van der Waals surface area contributed by atoms with Crippen LogP contribution in [0.1, 0.15) is 23.9 Å². The lowest BCUT2D eigenvalue weighted by Crippen LogP contribution is -2.52. The lowest BCUT2D eigenvalue weighted by atomic mass is 10.2. The van der Waals surface area contributed by atoms with Gasteiger partial charge in [-0.05, 0) is 32.9 Å². The summed E-state index contributed by atoms with van der Waals surface area (Å²) < 4.78 is 1.91. The zero-order chi connectivity index (χ0) is 19.4. The molecule has 0 aliphatic carbocycles. The second-order valence-corrected chi connectivity index (χ2v) is 6.91. The number of phenols is 1. The van der Waals surface area contributed by atoms with E-state index in [4.69, 9.17) is 4.99 Å². The second kappa shape index (κ2) is 9.99. The zero-order valence-electron chi connectivity index (χ0n) is 17.1. The summed E-state index contributed by atoms with van der Waals surface area (Å²) >= 11 is 0. The Labute approximate surface area is 184 Å². The first kappa shape index (κ1) is 22.3. The van der Waals surface area contributed by atoms with Gasteiger partial charge in [0.15, 0.2) is 5.96 Å². The van der Waals surface area contributed by atoms with E-state index in [1.165, 1.54) is 5.56 Å². The molecule has 0 spiro atoms. The monoisotopic (exact) mass is 498 g/mol. The molecule has 0 unspecified atom stereocenters. The predicted octanol–water partition coefficient (Wildman–Crippen LogP) is 2.65. The van der Waals surface area contributed by atoms with Crippen LogP contribution in [-0.4, -0.2) is 58.5 Å². The Morgan fingerprint density at radius 3 is 2.43 bits per heavy atom. The van der Waals surface area contributed by atoms with E-state index in [1.54, 1.807) is 6.07 Å². The van der Waals surface area contributed by atoms with E-state index in [1.807, 2.05) is 36.9 Å². The number of aromatic hydroxyl groups is 1. The minimum atomic E-state index is 0. The summed E-state index contributed by atoms with van der Waals surface area (Å²) in [5.74, 6) is 1.28. The molecule has 28 heavy (non-hydrogen) atoms. The number of anilines is 1. The van der Waals surface area contributed by atoms with E-state index in [2.05, 4.69) is 34.1 Å². The minimum Gasteiger partial charge on any atom is -0.506 e. The molecule has 2 heterocycles. The molecule has 8 heteroatoms. The van der Waals surface area contributed by atoms with Crippen molar-refractivity contribution in [2.24, 2.45) is 12.0 Å². The fourth-order valence-electron chi connectivity index (χ4n) is 3.52. The lowest BCUT2D eigenvalue weighted by molar-refractivity contribution is 0.369. The Morgan fingerprint density at radius 1 is 1.18 bits per heavy atom. The van der Waals surface area contributed by atoms with Crippen LogP contribution in [0.4, 0.5) is 5.69 Å². The number of hydrogen-bond acceptors (Lipinski definition) is 4. The fraction of sp³-hybridized carbons (Fsp3) is 0.500. The number of aromatic nitrogens is 2. The van der Waals surface area contributed by atoms with Gasteiger partial charge in [0.25, 0.3) is 0 Å². The van der Waals surface area contributed by atoms with Crippen LogP contribution in [-0.2, 0) is 13.6 Å². The summed E-state index contributed by atoms with van der Waals surface area (Å²) in [7, 11) is 1.97. The van der Waals surface area contributed by atoms with Crippen molar-refractivity contribution >= 4 is 35.6 Å². The highest BCUT2D eigenvalue weighted by Crippen LogP contribution is 2.27. The topological polar surface area (TPSA) is 68.9 Å². The molecule has 3 rings (SSSR count). The first-order valence-corrected chi connectivity index (χ1v) is 9.56. The summed E-state index contributed by atoms with van der Waals surface area (Å²) in [5.41, 5.74) is 4.30. The summed E-state index contributed by atoms with van der Waals surface area (Å²) in [5, 5.41) is 18.0. The van der Waals surface area contributed by atoms with E-state index in [9.17, 15) is 5.11 Å². The highest BCUT2D eigenvalue weighted by Gasteiger charge is 2.21. The standard InChI is InChI=1S/C20H30N6O.HI/c1-5-21-20(22-14-17-15(2)23-24(4)16(17)3)26-12-10-25(11-13-26)18-8-6-7-9-19(18)27;/h6-9,27H,5,10-14H2,1-4H3,(H,21,22);1H. The summed E-state index contributed by atoms with van der Waals surface area (Å²) in [6.07, 6.45) is 0. The molecule has 154 valence electrons. The molecule has 1 aliphatic heterocycles. The molecule has 1 fully saturated rings. The molecule has 1 aromatic heterocycles. The van der Waals surface area contributed by atoms with Crippen LogP contribution in [0.3, 0.4) is 0 Å². The molecule has 1 aromatic carbocycles. The van der Waals surface area contributed by atoms with Gasteiger partial charge in [0.2, 0.25) is 0 Å². The largest absolute Gasteiger partial charge is 0.506 e. The number of aryl methyl sites for hydroxylation is 2. The molecular formula is C20H31IN6O. The van der Waals surface area contributed by atoms with Gasteiger partial charge in [-0.1, -0.05) is 12.1 Å². The average molecular weight is 498 g/mol. The maximum Gasteiger partial charge on any atom is 0.194 e. The molecule has 2 N–H and O–H groups in total. The van der Waals surface area contributed by atoms with Crippen LogP contribution in [0.15, 0.2) is 29.3 Å². The van der Waals surface area contributed by atoms with Gasteiger partial charge >= 0.3 is 0 Å². The first-order valence-electron chi connectivity index (χ1n) is 9.56. The number of nitrogens with one attached hydrogen (secondary N) is 1. The third kappa shape index (κ3) is 4.89. The summed E-state index contributed by atoms with van der Waals surface area (Å²) in [6.45, 7) is 11.1. The second-order valence-electron chi connectivity index (χ2n) is 6.91. The van der Waals surface area contributed by atoms with Crippen LogP contribution >= 0.6 is 24.0 Å². The number of aliphatic imine (C=N–C) groups is 1. The van der Waals surface area contributed by atoms with E-state index in [-0.39, 0.29) is 24.0 Å². The van der Waals surface area contributed by atoms with E-state index in [0.29, 0.717) is 12.3 Å². The van der Waals surface area contributed by atoms with E-state index >= 15 is 0 Å². The number of halogens is 1. The third-order valence-electron chi connectivity index (χ3n) is 5.18. The summed E-state index contributed by atoms with van der Waals surface area (Å²) in [4.78, 5) is 9.39. The minimum absolute atomic E-state index is 0. The van der Waals surface area contributed by atoms with Gasteiger partial charge in [-0.15, -0.1) is 24.0 Å². The SMILES string of the molecule is CCNC(=NCc1c(C)nn(C)c1C)N1CCN(c2ccccc2O)CC1.I. The smallest absolute Gasteiger partial charge is 0.194 e. The van der Waals surface area contributed by atoms with Crippen LogP contribution in [0.5, 0.6) is 5.75 Å². The van der Waals surface area contributed by atoms with Crippen molar-refractivity contribution in [3.63, 3.8) is 0 Å². The highest BCUT2D eigenvalue weighted by atomic mass is 127. The molecule has 2 aromatic rings. The van der Waals surface area contributed by atoms with Gasteiger partial charge in [-0.3, -0.25) is 4.68 Å². The number of nitrogens with zero attached hydrogens (tertiary/aromatic N) is 5. The molecule has 7 nitrogen and oxygen atoms in total. The van der Waals surface area contributed by atoms with Gasteiger partial charge in [0, 0.05) is 51.0 Å². The van der Waals surface area contributed by atoms with Crippen molar-refractivity contribution < 1.29 is 5.11 Å². The normalized spacial score (nSPS) is 14.8. The fourth-order valence-corrected chi connectivity index (χ4v) is 3.52. The van der Waals surface area contributed by atoms with Gasteiger partial charge in [0.1, 0.15) is 5.75 Å². The number of guanidine groups is 1. The Kier molecular flexibility index (Phi) is 7.97. The van der Waals surface area contributed by atoms with Crippen molar-refractivity contribution in [2.45, 2.75) is 27.3 Å². The van der Waals surface area contributed by atoms with Crippen LogP contribution in [0.2, 0.25) is 0 Å². The molecule has 0 amide bonds. The number of hydrogen-bond donors (Lipinski definition) is 2. The van der Waals surface area contributed by atoms with Crippen molar-refractivity contribution in [1.82, 2.24) is 20.0 Å². The number of rotatable bonds is 4. The average Bonchev–Trinajstić information content (AvgIpc) is 2.91. The van der Waals surface area contributed by atoms with E-state index < -0.39 is 0 Å². The van der Waals surface area contributed by atoms with E-state index in [0.717, 1.165) is 55.8 Å². The van der Waals surface area contributed by atoms with Crippen molar-refractivity contribution in [3.05, 3.63) is 41.2 Å². The van der Waals surface area contributed by atoms with Crippen LogP contribution < -0.4 is 10.2 Å². The predicted molar refractivity (Wildman–Crippen MR) is 125 cm³/mol. The number of phenolic OH excluding ortho intramolecular Hbond substituents is 1. The summed E-state index contributed by atoms with van der Waals surface area (Å²) in [6, 6.07) is 7.53. The molecule has 0 radical (unpaired) electrons. The molecule has 0 saturated carbocycles. The maximum atomic E-state index is 10.1. The van der Waals surface area contributed by atoms with Crippen LogP contribution in [0.25, 0.3) is 0 Å².